The maximum Gasteiger partial charge on any atom is 0.349 e. The highest BCUT2D eigenvalue weighted by atomic mass is 32.1. The standard InChI is InChI=1S/C13H14N2O3S/c1-15(9-4-6-10(17-2)7-5-9)13-14-8-11(19-13)12(16)18-3/h4-8H,1-3H3. The van der Waals surface area contributed by atoms with Gasteiger partial charge in [0.05, 0.1) is 20.4 Å². The Kier molecular flexibility index (Phi) is 4.01. The van der Waals surface area contributed by atoms with E-state index in [0.717, 1.165) is 16.6 Å². The topological polar surface area (TPSA) is 51.7 Å². The largest absolute Gasteiger partial charge is 0.497 e. The van der Waals surface area contributed by atoms with Gasteiger partial charge in [-0.15, -0.1) is 0 Å². The first-order chi connectivity index (χ1) is 9.15. The number of methoxy groups -OCH3 is 2. The second-order valence-electron chi connectivity index (χ2n) is 3.76. The molecule has 0 fully saturated rings. The van der Waals surface area contributed by atoms with E-state index >= 15 is 0 Å². The fourth-order valence-corrected chi connectivity index (χ4v) is 2.35. The van der Waals surface area contributed by atoms with Crippen molar-refractivity contribution in [1.29, 1.82) is 0 Å². The van der Waals surface area contributed by atoms with E-state index in [-0.39, 0.29) is 5.97 Å². The van der Waals surface area contributed by atoms with Gasteiger partial charge >= 0.3 is 5.97 Å². The Morgan fingerprint density at radius 2 is 1.95 bits per heavy atom. The van der Waals surface area contributed by atoms with Crippen LogP contribution in [0, 0.1) is 0 Å². The van der Waals surface area contributed by atoms with Crippen LogP contribution in [0.25, 0.3) is 0 Å². The van der Waals surface area contributed by atoms with E-state index in [1.54, 1.807) is 7.11 Å². The Balaban J connectivity index is 2.20. The molecule has 0 aliphatic rings. The number of hydrogen-bond acceptors (Lipinski definition) is 6. The molecule has 2 rings (SSSR count). The Hall–Kier alpha value is -2.08. The minimum atomic E-state index is -0.369. The third-order valence-electron chi connectivity index (χ3n) is 2.63. The van der Waals surface area contributed by atoms with Crippen LogP contribution in [0.4, 0.5) is 10.8 Å². The molecule has 0 radical (unpaired) electrons. The predicted molar refractivity (Wildman–Crippen MR) is 74.5 cm³/mol. The molecule has 1 aromatic heterocycles. The SMILES string of the molecule is COC(=O)c1cnc(N(C)c2ccc(OC)cc2)s1. The van der Waals surface area contributed by atoms with Crippen LogP contribution in [0.2, 0.25) is 0 Å². The van der Waals surface area contributed by atoms with Crippen molar-refractivity contribution in [2.24, 2.45) is 0 Å². The van der Waals surface area contributed by atoms with Gasteiger partial charge in [-0.1, -0.05) is 11.3 Å². The Morgan fingerprint density at radius 3 is 2.53 bits per heavy atom. The van der Waals surface area contributed by atoms with Crippen molar-refractivity contribution < 1.29 is 14.3 Å². The average Bonchev–Trinajstić information content (AvgIpc) is 2.95. The first-order valence-electron chi connectivity index (χ1n) is 5.57. The Bertz CT molecular complexity index is 566. The van der Waals surface area contributed by atoms with Gasteiger partial charge in [0.15, 0.2) is 5.13 Å². The highest BCUT2D eigenvalue weighted by molar-refractivity contribution is 7.17. The molecule has 0 aliphatic carbocycles. The number of benzene rings is 1. The predicted octanol–water partition coefficient (Wildman–Crippen LogP) is 2.71. The van der Waals surface area contributed by atoms with E-state index in [4.69, 9.17) is 4.74 Å². The van der Waals surface area contributed by atoms with Crippen molar-refractivity contribution in [3.63, 3.8) is 0 Å². The number of aromatic nitrogens is 1. The summed E-state index contributed by atoms with van der Waals surface area (Å²) in [7, 11) is 4.87. The molecule has 6 heteroatoms. The molecule has 0 aliphatic heterocycles. The summed E-state index contributed by atoms with van der Waals surface area (Å²) in [4.78, 5) is 18.0. The molecular weight excluding hydrogens is 264 g/mol. The minimum Gasteiger partial charge on any atom is -0.497 e. The van der Waals surface area contributed by atoms with Crippen LogP contribution in [-0.2, 0) is 4.74 Å². The van der Waals surface area contributed by atoms with Gasteiger partial charge in [0.25, 0.3) is 0 Å². The van der Waals surface area contributed by atoms with Crippen molar-refractivity contribution in [1.82, 2.24) is 4.98 Å². The summed E-state index contributed by atoms with van der Waals surface area (Å²) < 4.78 is 9.77. The summed E-state index contributed by atoms with van der Waals surface area (Å²) in [5, 5.41) is 0.727. The first kappa shape index (κ1) is 13.4. The van der Waals surface area contributed by atoms with Crippen LogP contribution in [0.5, 0.6) is 5.75 Å². The van der Waals surface area contributed by atoms with E-state index in [9.17, 15) is 4.79 Å². The van der Waals surface area contributed by atoms with Crippen molar-refractivity contribution >= 4 is 28.1 Å². The maximum absolute atomic E-state index is 11.4. The monoisotopic (exact) mass is 278 g/mol. The molecule has 0 bridgehead atoms. The number of anilines is 2. The number of thiazole rings is 1. The fourth-order valence-electron chi connectivity index (χ4n) is 1.53. The molecule has 5 nitrogen and oxygen atoms in total. The summed E-state index contributed by atoms with van der Waals surface area (Å²) in [6.07, 6.45) is 1.52. The molecule has 0 saturated heterocycles. The molecular formula is C13H14N2O3S. The molecule has 100 valence electrons. The van der Waals surface area contributed by atoms with Crippen LogP contribution in [0.3, 0.4) is 0 Å². The number of nitrogens with zero attached hydrogens (tertiary/aromatic N) is 2. The van der Waals surface area contributed by atoms with Crippen LogP contribution < -0.4 is 9.64 Å². The van der Waals surface area contributed by atoms with Crippen LogP contribution in [0.15, 0.2) is 30.5 Å². The third-order valence-corrected chi connectivity index (χ3v) is 3.68. The van der Waals surface area contributed by atoms with Gasteiger partial charge in [-0.2, -0.15) is 0 Å². The number of carbonyl (C=O) groups excluding carboxylic acids is 1. The number of ether oxygens (including phenoxy) is 2. The summed E-state index contributed by atoms with van der Waals surface area (Å²) >= 11 is 1.29. The van der Waals surface area contributed by atoms with Crippen molar-refractivity contribution in [3.05, 3.63) is 35.3 Å². The van der Waals surface area contributed by atoms with E-state index < -0.39 is 0 Å². The first-order valence-corrected chi connectivity index (χ1v) is 6.39. The van der Waals surface area contributed by atoms with E-state index in [1.807, 2.05) is 36.2 Å². The molecule has 1 aromatic carbocycles. The molecule has 0 amide bonds. The summed E-state index contributed by atoms with van der Waals surface area (Å²) in [6.45, 7) is 0. The molecule has 1 heterocycles. The number of rotatable bonds is 4. The zero-order valence-corrected chi connectivity index (χ0v) is 11.7. The molecule has 0 saturated carbocycles. The van der Waals surface area contributed by atoms with Gasteiger partial charge in [-0.25, -0.2) is 9.78 Å². The zero-order valence-electron chi connectivity index (χ0n) is 10.9. The second kappa shape index (κ2) is 5.71. The van der Waals surface area contributed by atoms with Gasteiger partial charge in [0.2, 0.25) is 0 Å². The van der Waals surface area contributed by atoms with Crippen molar-refractivity contribution in [2.75, 3.05) is 26.2 Å². The van der Waals surface area contributed by atoms with Gasteiger partial charge in [0, 0.05) is 12.7 Å². The average molecular weight is 278 g/mol. The molecule has 0 N–H and O–H groups in total. The molecule has 0 atom stereocenters. The highest BCUT2D eigenvalue weighted by Gasteiger charge is 2.14. The lowest BCUT2D eigenvalue weighted by Gasteiger charge is -2.15. The fraction of sp³-hybridized carbons (Fsp3) is 0.231. The molecule has 0 unspecified atom stereocenters. The van der Waals surface area contributed by atoms with Gasteiger partial charge in [-0.05, 0) is 24.3 Å². The summed E-state index contributed by atoms with van der Waals surface area (Å²) in [5.41, 5.74) is 0.964. The number of esters is 1. The molecule has 2 aromatic rings. The van der Waals surface area contributed by atoms with Gasteiger partial charge < -0.3 is 14.4 Å². The van der Waals surface area contributed by atoms with Crippen LogP contribution in [0.1, 0.15) is 9.67 Å². The lowest BCUT2D eigenvalue weighted by Crippen LogP contribution is -2.08. The second-order valence-corrected chi connectivity index (χ2v) is 4.76. The Labute approximate surface area is 115 Å². The smallest absolute Gasteiger partial charge is 0.349 e. The third kappa shape index (κ3) is 2.85. The maximum atomic E-state index is 11.4. The van der Waals surface area contributed by atoms with Crippen molar-refractivity contribution in [2.45, 2.75) is 0 Å². The summed E-state index contributed by atoms with van der Waals surface area (Å²) in [6, 6.07) is 7.61. The van der Waals surface area contributed by atoms with E-state index in [1.165, 1.54) is 24.6 Å². The van der Waals surface area contributed by atoms with Crippen molar-refractivity contribution in [3.8, 4) is 5.75 Å². The van der Waals surface area contributed by atoms with Crippen LogP contribution >= 0.6 is 11.3 Å². The normalized spacial score (nSPS) is 10.1. The lowest BCUT2D eigenvalue weighted by molar-refractivity contribution is 0.0606. The summed E-state index contributed by atoms with van der Waals surface area (Å²) in [5.74, 6) is 0.429. The highest BCUT2D eigenvalue weighted by Crippen LogP contribution is 2.29. The Morgan fingerprint density at radius 1 is 1.26 bits per heavy atom. The number of carbonyl (C=O) groups is 1. The number of hydrogen-bond donors (Lipinski definition) is 0. The van der Waals surface area contributed by atoms with Gasteiger partial charge in [0.1, 0.15) is 10.6 Å². The quantitative estimate of drug-likeness (QED) is 0.805. The lowest BCUT2D eigenvalue weighted by atomic mass is 10.3. The molecule has 19 heavy (non-hydrogen) atoms. The minimum absolute atomic E-state index is 0.369. The van der Waals surface area contributed by atoms with E-state index in [2.05, 4.69) is 9.72 Å². The van der Waals surface area contributed by atoms with Crippen LogP contribution in [-0.4, -0.2) is 32.2 Å². The van der Waals surface area contributed by atoms with E-state index in [0.29, 0.717) is 4.88 Å². The zero-order chi connectivity index (χ0) is 13.8. The van der Waals surface area contributed by atoms with Gasteiger partial charge in [-0.3, -0.25) is 0 Å². The molecule has 0 spiro atoms.